The van der Waals surface area contributed by atoms with Crippen molar-refractivity contribution in [2.24, 2.45) is 5.92 Å². The summed E-state index contributed by atoms with van der Waals surface area (Å²) in [4.78, 5) is 26.5. The maximum Gasteiger partial charge on any atom is 0.269 e. The lowest BCUT2D eigenvalue weighted by Gasteiger charge is -2.36. The summed E-state index contributed by atoms with van der Waals surface area (Å²) >= 11 is 0. The highest BCUT2D eigenvalue weighted by atomic mass is 32.2. The molecule has 0 aliphatic carbocycles. The fraction of sp³-hybridized carbons (Fsp3) is 0.562. The smallest absolute Gasteiger partial charge is 0.269 e. The van der Waals surface area contributed by atoms with Crippen molar-refractivity contribution in [2.45, 2.75) is 12.8 Å². The van der Waals surface area contributed by atoms with Gasteiger partial charge >= 0.3 is 0 Å². The summed E-state index contributed by atoms with van der Waals surface area (Å²) in [6.45, 7) is 2.48. The van der Waals surface area contributed by atoms with Gasteiger partial charge in [-0.3, -0.25) is 14.9 Å². The molecule has 1 amide bonds. The molecule has 2 fully saturated rings. The third-order valence-electron chi connectivity index (χ3n) is 4.85. The molecule has 0 aromatic heterocycles. The molecule has 0 N–H and O–H groups in total. The summed E-state index contributed by atoms with van der Waals surface area (Å²) < 4.78 is 23.0. The van der Waals surface area contributed by atoms with Gasteiger partial charge in [-0.15, -0.1) is 0 Å². The van der Waals surface area contributed by atoms with Gasteiger partial charge in [0.1, 0.15) is 0 Å². The van der Waals surface area contributed by atoms with Crippen LogP contribution in [0.2, 0.25) is 0 Å². The Morgan fingerprint density at radius 3 is 2.32 bits per heavy atom. The molecule has 0 spiro atoms. The summed E-state index contributed by atoms with van der Waals surface area (Å²) in [6, 6.07) is 6.40. The van der Waals surface area contributed by atoms with Crippen LogP contribution < -0.4 is 4.90 Å². The molecule has 25 heavy (non-hydrogen) atoms. The van der Waals surface area contributed by atoms with Crippen molar-refractivity contribution in [3.05, 3.63) is 34.4 Å². The number of hydrogen-bond donors (Lipinski definition) is 0. The van der Waals surface area contributed by atoms with Crippen molar-refractivity contribution in [1.82, 2.24) is 4.90 Å². The third-order valence-corrected chi connectivity index (χ3v) is 6.69. The quantitative estimate of drug-likeness (QED) is 0.583. The Hall–Kier alpha value is -2.16. The van der Waals surface area contributed by atoms with Gasteiger partial charge in [0.2, 0.25) is 5.91 Å². The molecule has 8 nitrogen and oxygen atoms in total. The van der Waals surface area contributed by atoms with E-state index in [-0.39, 0.29) is 29.0 Å². The van der Waals surface area contributed by atoms with Gasteiger partial charge in [-0.2, -0.15) is 0 Å². The van der Waals surface area contributed by atoms with E-state index in [1.165, 1.54) is 12.1 Å². The maximum atomic E-state index is 12.4. The molecular weight excluding hydrogens is 346 g/mol. The number of nitro groups is 1. The van der Waals surface area contributed by atoms with Crippen LogP contribution in [-0.2, 0) is 14.6 Å². The molecule has 0 saturated carbocycles. The lowest BCUT2D eigenvalue weighted by atomic mass is 10.0. The number of nitrogens with zero attached hydrogens (tertiary/aromatic N) is 3. The number of rotatable bonds is 4. The molecule has 1 atom stereocenters. The van der Waals surface area contributed by atoms with Crippen LogP contribution in [0, 0.1) is 16.0 Å². The van der Waals surface area contributed by atoms with Crippen LogP contribution in [0.1, 0.15) is 12.8 Å². The third kappa shape index (κ3) is 4.28. The number of amides is 1. The van der Waals surface area contributed by atoms with Crippen molar-refractivity contribution in [2.75, 3.05) is 42.6 Å². The predicted octanol–water partition coefficient (Wildman–Crippen LogP) is 1.07. The second-order valence-corrected chi connectivity index (χ2v) is 8.84. The van der Waals surface area contributed by atoms with Gasteiger partial charge in [0.05, 0.1) is 16.4 Å². The molecule has 2 saturated heterocycles. The van der Waals surface area contributed by atoms with Crippen LogP contribution in [0.15, 0.2) is 24.3 Å². The largest absolute Gasteiger partial charge is 0.368 e. The molecule has 9 heteroatoms. The fourth-order valence-corrected chi connectivity index (χ4v) is 5.27. The molecule has 3 rings (SSSR count). The Morgan fingerprint density at radius 1 is 1.16 bits per heavy atom. The van der Waals surface area contributed by atoms with Gasteiger partial charge in [-0.05, 0) is 24.5 Å². The van der Waals surface area contributed by atoms with E-state index in [4.69, 9.17) is 0 Å². The van der Waals surface area contributed by atoms with E-state index >= 15 is 0 Å². The zero-order valence-corrected chi connectivity index (χ0v) is 14.7. The zero-order chi connectivity index (χ0) is 18.0. The molecule has 2 aliphatic rings. The lowest BCUT2D eigenvalue weighted by molar-refractivity contribution is -0.384. The number of sulfone groups is 1. The number of carbonyl (C=O) groups is 1. The minimum Gasteiger partial charge on any atom is -0.368 e. The number of piperazine rings is 1. The average molecular weight is 367 g/mol. The highest BCUT2D eigenvalue weighted by Crippen LogP contribution is 2.24. The van der Waals surface area contributed by atoms with Gasteiger partial charge in [-0.1, -0.05) is 0 Å². The summed E-state index contributed by atoms with van der Waals surface area (Å²) in [6.07, 6.45) is 0.883. The van der Waals surface area contributed by atoms with Gasteiger partial charge in [0, 0.05) is 50.4 Å². The fourth-order valence-electron chi connectivity index (χ4n) is 3.41. The minimum absolute atomic E-state index is 0.0189. The maximum absolute atomic E-state index is 12.4. The number of carbonyl (C=O) groups excluding carboxylic acids is 1. The molecule has 1 aromatic rings. The lowest BCUT2D eigenvalue weighted by Crippen LogP contribution is -2.49. The van der Waals surface area contributed by atoms with Gasteiger partial charge < -0.3 is 9.80 Å². The second kappa shape index (κ2) is 6.99. The van der Waals surface area contributed by atoms with Crippen LogP contribution in [0.5, 0.6) is 0 Å². The Kier molecular flexibility index (Phi) is 4.94. The second-order valence-electron chi connectivity index (χ2n) is 6.61. The summed E-state index contributed by atoms with van der Waals surface area (Å²) in [5.74, 6) is 0.288. The van der Waals surface area contributed by atoms with Crippen molar-refractivity contribution in [3.63, 3.8) is 0 Å². The van der Waals surface area contributed by atoms with Crippen LogP contribution in [0.4, 0.5) is 11.4 Å². The molecule has 2 heterocycles. The number of nitro benzene ring substituents is 1. The highest BCUT2D eigenvalue weighted by Gasteiger charge is 2.31. The first-order chi connectivity index (χ1) is 11.8. The van der Waals surface area contributed by atoms with Crippen molar-refractivity contribution >= 4 is 27.1 Å². The Bertz CT molecular complexity index is 754. The van der Waals surface area contributed by atoms with Crippen LogP contribution in [0.3, 0.4) is 0 Å². The Labute approximate surface area is 146 Å². The first-order valence-electron chi connectivity index (χ1n) is 8.32. The number of non-ortho nitro benzene ring substituents is 1. The van der Waals surface area contributed by atoms with E-state index in [2.05, 4.69) is 4.90 Å². The molecule has 0 bridgehead atoms. The summed E-state index contributed by atoms with van der Waals surface area (Å²) in [5, 5.41) is 10.7. The van der Waals surface area contributed by atoms with Gasteiger partial charge in [0.15, 0.2) is 9.84 Å². The zero-order valence-electron chi connectivity index (χ0n) is 13.8. The normalized spacial score (nSPS) is 22.8. The Morgan fingerprint density at radius 2 is 1.80 bits per heavy atom. The molecular formula is C16H21N3O5S. The SMILES string of the molecule is O=C(C[C@H]1CCS(=O)(=O)C1)N1CCN(c2ccc([N+](=O)[O-])cc2)CC1. The first kappa shape index (κ1) is 17.7. The van der Waals surface area contributed by atoms with Crippen molar-refractivity contribution in [1.29, 1.82) is 0 Å². The molecule has 1 aromatic carbocycles. The number of hydrogen-bond acceptors (Lipinski definition) is 6. The summed E-state index contributed by atoms with van der Waals surface area (Å²) in [7, 11) is -2.95. The van der Waals surface area contributed by atoms with Crippen molar-refractivity contribution in [3.8, 4) is 0 Å². The Balaban J connectivity index is 1.51. The molecule has 136 valence electrons. The van der Waals surface area contributed by atoms with Gasteiger partial charge in [-0.25, -0.2) is 8.42 Å². The molecule has 2 aliphatic heterocycles. The predicted molar refractivity (Wildman–Crippen MR) is 93.3 cm³/mol. The standard InChI is InChI=1S/C16H21N3O5S/c20-16(11-13-5-10-25(23,24)12-13)18-8-6-17(7-9-18)14-1-3-15(4-2-14)19(21)22/h1-4,13H,5-12H2/t13-/m1/s1. The van der Waals surface area contributed by atoms with E-state index in [0.717, 1.165) is 5.69 Å². The van der Waals surface area contributed by atoms with E-state index in [0.29, 0.717) is 39.0 Å². The van der Waals surface area contributed by atoms with Gasteiger partial charge in [0.25, 0.3) is 5.69 Å². The highest BCUT2D eigenvalue weighted by molar-refractivity contribution is 7.91. The minimum atomic E-state index is -2.95. The van der Waals surface area contributed by atoms with Crippen LogP contribution in [-0.4, -0.2) is 61.8 Å². The van der Waals surface area contributed by atoms with Crippen LogP contribution >= 0.6 is 0 Å². The topological polar surface area (TPSA) is 101 Å². The molecule has 0 radical (unpaired) electrons. The van der Waals surface area contributed by atoms with Crippen molar-refractivity contribution < 1.29 is 18.1 Å². The average Bonchev–Trinajstić information content (AvgIpc) is 2.93. The number of benzene rings is 1. The first-order valence-corrected chi connectivity index (χ1v) is 10.1. The van der Waals surface area contributed by atoms with E-state index in [1.54, 1.807) is 17.0 Å². The van der Waals surface area contributed by atoms with E-state index < -0.39 is 14.8 Å². The van der Waals surface area contributed by atoms with Crippen LogP contribution in [0.25, 0.3) is 0 Å². The monoisotopic (exact) mass is 367 g/mol. The van der Waals surface area contributed by atoms with E-state index in [9.17, 15) is 23.3 Å². The van der Waals surface area contributed by atoms with E-state index in [1.807, 2.05) is 0 Å². The molecule has 0 unspecified atom stereocenters. The summed E-state index contributed by atoms with van der Waals surface area (Å²) in [5.41, 5.74) is 0.962. The number of anilines is 1.